The Hall–Kier alpha value is -2.33. The summed E-state index contributed by atoms with van der Waals surface area (Å²) in [7, 11) is 1.64. The second kappa shape index (κ2) is 7.31. The standard InChI is InChI=1S/C16H17NO3/c1-19-15-9-7-13(8-10-15)11-17-12-20-16(18)14-5-3-2-4-6-14/h2-10,17H,11-12H2,1H3. The van der Waals surface area contributed by atoms with Crippen LogP contribution in [0.2, 0.25) is 0 Å². The number of carbonyl (C=O) groups excluding carboxylic acids is 1. The number of rotatable bonds is 6. The quantitative estimate of drug-likeness (QED) is 0.498. The highest BCUT2D eigenvalue weighted by Gasteiger charge is 2.04. The van der Waals surface area contributed by atoms with Crippen LogP contribution in [0.1, 0.15) is 15.9 Å². The maximum atomic E-state index is 11.7. The average molecular weight is 271 g/mol. The Morgan fingerprint density at radius 1 is 1.05 bits per heavy atom. The van der Waals surface area contributed by atoms with Gasteiger partial charge in [-0.1, -0.05) is 30.3 Å². The van der Waals surface area contributed by atoms with E-state index >= 15 is 0 Å². The second-order valence-corrected chi connectivity index (χ2v) is 4.22. The third kappa shape index (κ3) is 4.10. The summed E-state index contributed by atoms with van der Waals surface area (Å²) < 4.78 is 10.2. The lowest BCUT2D eigenvalue weighted by atomic mass is 10.2. The van der Waals surface area contributed by atoms with Crippen LogP contribution < -0.4 is 10.1 Å². The molecule has 2 rings (SSSR count). The maximum Gasteiger partial charge on any atom is 0.339 e. The molecule has 4 heteroatoms. The van der Waals surface area contributed by atoms with Crippen molar-refractivity contribution < 1.29 is 14.3 Å². The number of benzene rings is 2. The van der Waals surface area contributed by atoms with E-state index in [1.807, 2.05) is 30.3 Å². The van der Waals surface area contributed by atoms with E-state index in [0.717, 1.165) is 11.3 Å². The van der Waals surface area contributed by atoms with E-state index in [1.54, 1.807) is 31.4 Å². The van der Waals surface area contributed by atoms with Crippen LogP contribution in [-0.2, 0) is 11.3 Å². The fraction of sp³-hybridized carbons (Fsp3) is 0.188. The first kappa shape index (κ1) is 14.1. The van der Waals surface area contributed by atoms with Crippen molar-refractivity contribution in [3.8, 4) is 5.75 Å². The van der Waals surface area contributed by atoms with Gasteiger partial charge >= 0.3 is 5.97 Å². The second-order valence-electron chi connectivity index (χ2n) is 4.22. The van der Waals surface area contributed by atoms with Gasteiger partial charge in [-0.25, -0.2) is 4.79 Å². The van der Waals surface area contributed by atoms with Gasteiger partial charge in [-0.2, -0.15) is 0 Å². The highest BCUT2D eigenvalue weighted by molar-refractivity contribution is 5.89. The van der Waals surface area contributed by atoms with Crippen LogP contribution in [0.15, 0.2) is 54.6 Å². The zero-order chi connectivity index (χ0) is 14.2. The molecule has 0 aliphatic rings. The van der Waals surface area contributed by atoms with Gasteiger partial charge in [-0.3, -0.25) is 5.32 Å². The molecule has 20 heavy (non-hydrogen) atoms. The Balaban J connectivity index is 1.72. The van der Waals surface area contributed by atoms with Crippen molar-refractivity contribution in [2.45, 2.75) is 6.54 Å². The van der Waals surface area contributed by atoms with Gasteiger partial charge in [-0.15, -0.1) is 0 Å². The van der Waals surface area contributed by atoms with Crippen LogP contribution in [0.3, 0.4) is 0 Å². The van der Waals surface area contributed by atoms with Crippen LogP contribution in [-0.4, -0.2) is 19.8 Å². The molecule has 0 unspecified atom stereocenters. The van der Waals surface area contributed by atoms with Gasteiger partial charge in [0.25, 0.3) is 0 Å². The molecule has 0 heterocycles. The van der Waals surface area contributed by atoms with E-state index in [-0.39, 0.29) is 12.7 Å². The number of ether oxygens (including phenoxy) is 2. The molecular formula is C16H17NO3. The summed E-state index contributed by atoms with van der Waals surface area (Å²) in [6.07, 6.45) is 0. The third-order valence-corrected chi connectivity index (χ3v) is 2.80. The fourth-order valence-corrected chi connectivity index (χ4v) is 1.71. The summed E-state index contributed by atoms with van der Waals surface area (Å²) >= 11 is 0. The smallest absolute Gasteiger partial charge is 0.339 e. The monoisotopic (exact) mass is 271 g/mol. The van der Waals surface area contributed by atoms with Crippen molar-refractivity contribution >= 4 is 5.97 Å². The molecule has 0 spiro atoms. The summed E-state index contributed by atoms with van der Waals surface area (Å²) in [5.41, 5.74) is 1.65. The van der Waals surface area contributed by atoms with Gasteiger partial charge in [-0.05, 0) is 29.8 Å². The van der Waals surface area contributed by atoms with Crippen molar-refractivity contribution in [2.24, 2.45) is 0 Å². The Morgan fingerprint density at radius 2 is 1.75 bits per heavy atom. The number of methoxy groups -OCH3 is 1. The molecular weight excluding hydrogens is 254 g/mol. The number of esters is 1. The number of hydrogen-bond donors (Lipinski definition) is 1. The molecule has 0 amide bonds. The normalized spacial score (nSPS) is 10.1. The van der Waals surface area contributed by atoms with Gasteiger partial charge in [0.05, 0.1) is 12.7 Å². The zero-order valence-corrected chi connectivity index (χ0v) is 11.3. The molecule has 1 N–H and O–H groups in total. The molecule has 4 nitrogen and oxygen atoms in total. The maximum absolute atomic E-state index is 11.7. The highest BCUT2D eigenvalue weighted by Crippen LogP contribution is 2.10. The lowest BCUT2D eigenvalue weighted by molar-refractivity contribution is 0.0470. The predicted molar refractivity (Wildman–Crippen MR) is 76.6 cm³/mol. The number of nitrogens with one attached hydrogen (secondary N) is 1. The van der Waals surface area contributed by atoms with Crippen molar-refractivity contribution in [1.82, 2.24) is 5.32 Å². The van der Waals surface area contributed by atoms with E-state index in [2.05, 4.69) is 5.32 Å². The Morgan fingerprint density at radius 3 is 2.40 bits per heavy atom. The minimum Gasteiger partial charge on any atom is -0.497 e. The molecule has 0 radical (unpaired) electrons. The van der Waals surface area contributed by atoms with Crippen LogP contribution in [0, 0.1) is 0 Å². The van der Waals surface area contributed by atoms with Crippen LogP contribution >= 0.6 is 0 Å². The molecule has 104 valence electrons. The molecule has 2 aromatic rings. The minimum atomic E-state index is -0.326. The van der Waals surface area contributed by atoms with E-state index < -0.39 is 0 Å². The average Bonchev–Trinajstić information content (AvgIpc) is 2.53. The van der Waals surface area contributed by atoms with E-state index in [4.69, 9.17) is 9.47 Å². The Labute approximate surface area is 118 Å². The van der Waals surface area contributed by atoms with Crippen molar-refractivity contribution in [3.05, 3.63) is 65.7 Å². The Kier molecular flexibility index (Phi) is 5.15. The van der Waals surface area contributed by atoms with E-state index in [0.29, 0.717) is 12.1 Å². The van der Waals surface area contributed by atoms with Crippen molar-refractivity contribution in [1.29, 1.82) is 0 Å². The SMILES string of the molecule is COc1ccc(CNCOC(=O)c2ccccc2)cc1. The van der Waals surface area contributed by atoms with Crippen LogP contribution in [0.25, 0.3) is 0 Å². The van der Waals surface area contributed by atoms with E-state index in [1.165, 1.54) is 0 Å². The predicted octanol–water partition coefficient (Wildman–Crippen LogP) is 2.60. The summed E-state index contributed by atoms with van der Waals surface area (Å²) in [6, 6.07) is 16.6. The molecule has 0 fully saturated rings. The highest BCUT2D eigenvalue weighted by atomic mass is 16.5. The summed E-state index contributed by atoms with van der Waals surface area (Å²) in [4.78, 5) is 11.7. The van der Waals surface area contributed by atoms with Crippen LogP contribution in [0.5, 0.6) is 5.75 Å². The number of carbonyl (C=O) groups is 1. The fourth-order valence-electron chi connectivity index (χ4n) is 1.71. The molecule has 0 aliphatic carbocycles. The Bertz CT molecular complexity index is 537. The lowest BCUT2D eigenvalue weighted by Gasteiger charge is -2.07. The summed E-state index contributed by atoms with van der Waals surface area (Å²) in [5, 5.41) is 3.06. The molecule has 0 aromatic heterocycles. The minimum absolute atomic E-state index is 0.180. The van der Waals surface area contributed by atoms with Crippen LogP contribution in [0.4, 0.5) is 0 Å². The largest absolute Gasteiger partial charge is 0.497 e. The number of hydrogen-bond acceptors (Lipinski definition) is 4. The van der Waals surface area contributed by atoms with Gasteiger partial charge in [0.2, 0.25) is 0 Å². The van der Waals surface area contributed by atoms with Crippen molar-refractivity contribution in [2.75, 3.05) is 13.8 Å². The van der Waals surface area contributed by atoms with Gasteiger partial charge in [0.15, 0.2) is 0 Å². The molecule has 0 saturated heterocycles. The molecule has 0 atom stereocenters. The van der Waals surface area contributed by atoms with E-state index in [9.17, 15) is 4.79 Å². The first-order valence-corrected chi connectivity index (χ1v) is 6.35. The summed E-state index contributed by atoms with van der Waals surface area (Å²) in [6.45, 7) is 0.811. The topological polar surface area (TPSA) is 47.6 Å². The van der Waals surface area contributed by atoms with Gasteiger partial charge in [0.1, 0.15) is 12.5 Å². The van der Waals surface area contributed by atoms with Crippen molar-refractivity contribution in [3.63, 3.8) is 0 Å². The summed E-state index contributed by atoms with van der Waals surface area (Å²) in [5.74, 6) is 0.497. The van der Waals surface area contributed by atoms with Gasteiger partial charge < -0.3 is 9.47 Å². The lowest BCUT2D eigenvalue weighted by Crippen LogP contribution is -2.20. The van der Waals surface area contributed by atoms with Gasteiger partial charge in [0, 0.05) is 6.54 Å². The first-order chi connectivity index (χ1) is 9.79. The third-order valence-electron chi connectivity index (χ3n) is 2.80. The zero-order valence-electron chi connectivity index (χ0n) is 11.3. The first-order valence-electron chi connectivity index (χ1n) is 6.35. The molecule has 0 aliphatic heterocycles. The molecule has 2 aromatic carbocycles. The molecule has 0 bridgehead atoms. The molecule has 0 saturated carbocycles.